The van der Waals surface area contributed by atoms with E-state index in [0.29, 0.717) is 31.1 Å². The Bertz CT molecular complexity index is 1160. The number of benzene rings is 1. The lowest BCUT2D eigenvalue weighted by Gasteiger charge is -2.28. The summed E-state index contributed by atoms with van der Waals surface area (Å²) in [5.41, 5.74) is 8.59. The van der Waals surface area contributed by atoms with Gasteiger partial charge in [-0.25, -0.2) is 9.97 Å². The summed E-state index contributed by atoms with van der Waals surface area (Å²) in [6.07, 6.45) is 2.98. The van der Waals surface area contributed by atoms with Crippen molar-refractivity contribution in [1.82, 2.24) is 14.5 Å². The lowest BCUT2D eigenvalue weighted by molar-refractivity contribution is 0.0681. The molecule has 0 unspecified atom stereocenters. The van der Waals surface area contributed by atoms with E-state index < -0.39 is 0 Å². The fourth-order valence-electron chi connectivity index (χ4n) is 4.16. The molecule has 8 nitrogen and oxygen atoms in total. The Morgan fingerprint density at radius 2 is 2.10 bits per heavy atom. The normalized spacial score (nSPS) is 14.7. The Hall–Kier alpha value is -3.26. The molecule has 1 aromatic carbocycles. The summed E-state index contributed by atoms with van der Waals surface area (Å²) < 4.78 is 7.42. The van der Waals surface area contributed by atoms with Gasteiger partial charge in [0, 0.05) is 30.7 Å². The Morgan fingerprint density at radius 3 is 2.83 bits per heavy atom. The maximum Gasteiger partial charge on any atom is 0.259 e. The number of aryl methyl sites for hydroxylation is 1. The highest BCUT2D eigenvalue weighted by Crippen LogP contribution is 2.25. The van der Waals surface area contributed by atoms with Gasteiger partial charge in [0.2, 0.25) is 0 Å². The Balaban J connectivity index is 1.79. The van der Waals surface area contributed by atoms with E-state index in [1.807, 2.05) is 29.7 Å². The van der Waals surface area contributed by atoms with Crippen LogP contribution in [0.1, 0.15) is 42.6 Å². The van der Waals surface area contributed by atoms with Gasteiger partial charge in [-0.3, -0.25) is 4.79 Å². The minimum atomic E-state index is 0.0277. The molecule has 0 saturated carbocycles. The van der Waals surface area contributed by atoms with E-state index in [-0.39, 0.29) is 23.1 Å². The predicted molar refractivity (Wildman–Crippen MR) is 118 cm³/mol. The second-order valence-electron chi connectivity index (χ2n) is 7.65. The van der Waals surface area contributed by atoms with Gasteiger partial charge < -0.3 is 25.8 Å². The molecule has 1 aliphatic rings. The summed E-state index contributed by atoms with van der Waals surface area (Å²) in [4.78, 5) is 21.8. The van der Waals surface area contributed by atoms with Crippen molar-refractivity contribution in [3.8, 4) is 0 Å². The van der Waals surface area contributed by atoms with E-state index in [2.05, 4.69) is 21.4 Å². The van der Waals surface area contributed by atoms with Crippen molar-refractivity contribution < 1.29 is 4.74 Å². The van der Waals surface area contributed by atoms with Crippen molar-refractivity contribution in [1.29, 1.82) is 5.41 Å². The van der Waals surface area contributed by atoms with Gasteiger partial charge >= 0.3 is 0 Å². The lowest BCUT2D eigenvalue weighted by Crippen LogP contribution is -2.32. The Kier molecular flexibility index (Phi) is 5.50. The molecule has 0 radical (unpaired) electrons. The van der Waals surface area contributed by atoms with Gasteiger partial charge in [-0.15, -0.1) is 0 Å². The SMILES string of the molecule is CC(=N)c1c(N)ncnc1NCc1cc2cccc(C)c2c(=O)n1C1CCOCC1. The molecule has 156 valence electrons. The second-order valence-corrected chi connectivity index (χ2v) is 7.65. The van der Waals surface area contributed by atoms with Crippen LogP contribution in [-0.2, 0) is 11.3 Å². The molecule has 8 heteroatoms. The van der Waals surface area contributed by atoms with Crippen LogP contribution < -0.4 is 16.6 Å². The predicted octanol–water partition coefficient (Wildman–Crippen LogP) is 3.03. The number of rotatable bonds is 5. The summed E-state index contributed by atoms with van der Waals surface area (Å²) in [6.45, 7) is 5.30. The maximum absolute atomic E-state index is 13.5. The molecule has 0 bridgehead atoms. The first kappa shape index (κ1) is 20.0. The Morgan fingerprint density at radius 1 is 1.33 bits per heavy atom. The molecular formula is C22H26N6O2. The van der Waals surface area contributed by atoms with Gasteiger partial charge in [-0.05, 0) is 43.7 Å². The van der Waals surface area contributed by atoms with Crippen molar-refractivity contribution in [2.45, 2.75) is 39.3 Å². The van der Waals surface area contributed by atoms with Crippen molar-refractivity contribution in [2.75, 3.05) is 24.3 Å². The zero-order chi connectivity index (χ0) is 21.3. The standard InChI is InChI=1S/C22H26N6O2/c1-13-4-3-5-15-10-17(11-25-21-19(14(2)23)20(24)26-12-27-21)28(22(29)18(13)15)16-6-8-30-9-7-16/h3-5,10,12,16,23H,6-9,11H2,1-2H3,(H3,24,25,26,27). The molecule has 4 N–H and O–H groups in total. The lowest BCUT2D eigenvalue weighted by atomic mass is 10.0. The fourth-order valence-corrected chi connectivity index (χ4v) is 4.16. The number of anilines is 2. The van der Waals surface area contributed by atoms with Crippen LogP contribution in [0.3, 0.4) is 0 Å². The third kappa shape index (κ3) is 3.66. The average Bonchev–Trinajstić information content (AvgIpc) is 2.72. The van der Waals surface area contributed by atoms with Crippen molar-refractivity contribution in [3.63, 3.8) is 0 Å². The molecular weight excluding hydrogens is 380 g/mol. The highest BCUT2D eigenvalue weighted by molar-refractivity contribution is 6.04. The fraction of sp³-hybridized carbons (Fsp3) is 0.364. The number of fused-ring (bicyclic) bond motifs is 1. The number of nitrogens with zero attached hydrogens (tertiary/aromatic N) is 3. The van der Waals surface area contributed by atoms with Gasteiger partial charge in [0.1, 0.15) is 18.0 Å². The van der Waals surface area contributed by atoms with Crippen LogP contribution >= 0.6 is 0 Å². The first-order chi connectivity index (χ1) is 14.5. The minimum absolute atomic E-state index is 0.0277. The molecule has 0 amide bonds. The van der Waals surface area contributed by atoms with Crippen LogP contribution in [0.4, 0.5) is 11.6 Å². The molecule has 0 atom stereocenters. The zero-order valence-electron chi connectivity index (χ0n) is 17.2. The molecule has 1 aliphatic heterocycles. The molecule has 2 aromatic heterocycles. The number of pyridine rings is 1. The highest BCUT2D eigenvalue weighted by Gasteiger charge is 2.22. The van der Waals surface area contributed by atoms with E-state index in [9.17, 15) is 4.79 Å². The smallest absolute Gasteiger partial charge is 0.259 e. The Labute approximate surface area is 174 Å². The third-order valence-corrected chi connectivity index (χ3v) is 5.61. The minimum Gasteiger partial charge on any atom is -0.383 e. The molecule has 0 spiro atoms. The monoisotopic (exact) mass is 406 g/mol. The van der Waals surface area contributed by atoms with Crippen LogP contribution in [0, 0.1) is 12.3 Å². The summed E-state index contributed by atoms with van der Waals surface area (Å²) >= 11 is 0. The molecule has 1 fully saturated rings. The third-order valence-electron chi connectivity index (χ3n) is 5.61. The molecule has 3 heterocycles. The van der Waals surface area contributed by atoms with Gasteiger partial charge in [0.05, 0.1) is 17.5 Å². The van der Waals surface area contributed by atoms with E-state index >= 15 is 0 Å². The van der Waals surface area contributed by atoms with Gasteiger partial charge in [-0.2, -0.15) is 0 Å². The number of nitrogens with two attached hydrogens (primary N) is 1. The van der Waals surface area contributed by atoms with Crippen LogP contribution in [0.25, 0.3) is 10.8 Å². The molecule has 1 saturated heterocycles. The van der Waals surface area contributed by atoms with Crippen LogP contribution in [-0.4, -0.2) is 33.5 Å². The van der Waals surface area contributed by atoms with Crippen LogP contribution in [0.5, 0.6) is 0 Å². The molecule has 3 aromatic rings. The number of nitrogen functional groups attached to an aromatic ring is 1. The number of aromatic nitrogens is 3. The van der Waals surface area contributed by atoms with Gasteiger partial charge in [0.15, 0.2) is 0 Å². The molecule has 0 aliphatic carbocycles. The maximum atomic E-state index is 13.5. The zero-order valence-corrected chi connectivity index (χ0v) is 17.2. The summed E-state index contributed by atoms with van der Waals surface area (Å²) in [6, 6.07) is 8.06. The van der Waals surface area contributed by atoms with Crippen molar-refractivity contribution >= 4 is 28.1 Å². The van der Waals surface area contributed by atoms with Crippen molar-refractivity contribution in [3.05, 3.63) is 57.8 Å². The summed E-state index contributed by atoms with van der Waals surface area (Å²) in [7, 11) is 0. The van der Waals surface area contributed by atoms with Gasteiger partial charge in [0.25, 0.3) is 5.56 Å². The summed E-state index contributed by atoms with van der Waals surface area (Å²) in [5.74, 6) is 0.751. The van der Waals surface area contributed by atoms with E-state index in [1.165, 1.54) is 6.33 Å². The first-order valence-electron chi connectivity index (χ1n) is 10.1. The van der Waals surface area contributed by atoms with Gasteiger partial charge in [-0.1, -0.05) is 18.2 Å². The van der Waals surface area contributed by atoms with Crippen LogP contribution in [0.15, 0.2) is 35.4 Å². The number of ether oxygens (including phenoxy) is 1. The quantitative estimate of drug-likeness (QED) is 0.561. The topological polar surface area (TPSA) is 119 Å². The van der Waals surface area contributed by atoms with E-state index in [0.717, 1.165) is 34.9 Å². The van der Waals surface area contributed by atoms with E-state index in [4.69, 9.17) is 15.9 Å². The number of hydrogen-bond donors (Lipinski definition) is 3. The highest BCUT2D eigenvalue weighted by atomic mass is 16.5. The van der Waals surface area contributed by atoms with E-state index in [1.54, 1.807) is 6.92 Å². The second kappa shape index (κ2) is 8.23. The van der Waals surface area contributed by atoms with Crippen LogP contribution in [0.2, 0.25) is 0 Å². The first-order valence-corrected chi connectivity index (χ1v) is 10.1. The number of hydrogen-bond acceptors (Lipinski definition) is 7. The molecule has 4 rings (SSSR count). The largest absolute Gasteiger partial charge is 0.383 e. The summed E-state index contributed by atoms with van der Waals surface area (Å²) in [5, 5.41) is 13.0. The number of nitrogens with one attached hydrogen (secondary N) is 2. The average molecular weight is 406 g/mol. The molecule has 30 heavy (non-hydrogen) atoms. The van der Waals surface area contributed by atoms with Crippen molar-refractivity contribution in [2.24, 2.45) is 0 Å².